The van der Waals surface area contributed by atoms with E-state index in [9.17, 15) is 19.1 Å². The summed E-state index contributed by atoms with van der Waals surface area (Å²) in [6.07, 6.45) is 0. The van der Waals surface area contributed by atoms with Gasteiger partial charge in [-0.05, 0) is 54.1 Å². The van der Waals surface area contributed by atoms with Crippen LogP contribution in [-0.4, -0.2) is 45.2 Å². The molecule has 2 heterocycles. The maximum atomic E-state index is 13.9. The topological polar surface area (TPSA) is 108 Å². The molecule has 3 aromatic carbocycles. The Balaban J connectivity index is 1.72. The standard InChI is InChI=1S/C29H24FNO8/c1-35-19-7-5-6-15-12-20(39-27(15)19)25(32)23-24(16-13-21(36-2)28(38-4)22(14-16)37-3)31(29(34)26(23)33)18-10-8-17(30)9-11-18/h5-14,24,33H,1-4H3. The number of methoxy groups -OCH3 is 4. The summed E-state index contributed by atoms with van der Waals surface area (Å²) >= 11 is 0. The molecule has 1 atom stereocenters. The Morgan fingerprint density at radius 3 is 2.13 bits per heavy atom. The van der Waals surface area contributed by atoms with Gasteiger partial charge in [-0.3, -0.25) is 14.5 Å². The Kier molecular flexibility index (Phi) is 6.61. The summed E-state index contributed by atoms with van der Waals surface area (Å²) < 4.78 is 41.3. The van der Waals surface area contributed by atoms with Crippen molar-refractivity contribution in [2.75, 3.05) is 33.3 Å². The molecule has 0 saturated carbocycles. The largest absolute Gasteiger partial charge is 0.503 e. The number of aliphatic hydroxyl groups excluding tert-OH is 1. The van der Waals surface area contributed by atoms with Gasteiger partial charge in [0.05, 0.1) is 40.1 Å². The number of carbonyl (C=O) groups is 2. The number of nitrogens with zero attached hydrogens (tertiary/aromatic N) is 1. The predicted octanol–water partition coefficient (Wildman–Crippen LogP) is 5.39. The number of furan rings is 1. The van der Waals surface area contributed by atoms with Crippen LogP contribution in [0.5, 0.6) is 23.0 Å². The van der Waals surface area contributed by atoms with Crippen LogP contribution in [0.3, 0.4) is 0 Å². The lowest BCUT2D eigenvalue weighted by Gasteiger charge is -2.27. The van der Waals surface area contributed by atoms with E-state index in [4.69, 9.17) is 23.4 Å². The zero-order valence-corrected chi connectivity index (χ0v) is 21.5. The van der Waals surface area contributed by atoms with Gasteiger partial charge in [-0.25, -0.2) is 4.39 Å². The first-order valence-corrected chi connectivity index (χ1v) is 11.8. The van der Waals surface area contributed by atoms with Crippen molar-refractivity contribution < 1.29 is 42.5 Å². The van der Waals surface area contributed by atoms with Gasteiger partial charge in [-0.15, -0.1) is 0 Å². The monoisotopic (exact) mass is 533 g/mol. The Bertz CT molecular complexity index is 1600. The number of Topliss-reactive ketones (excluding diaryl/α,β-unsaturated/α-hetero) is 1. The molecule has 0 fully saturated rings. The van der Waals surface area contributed by atoms with Crippen LogP contribution in [-0.2, 0) is 4.79 Å². The smallest absolute Gasteiger partial charge is 0.294 e. The van der Waals surface area contributed by atoms with E-state index in [0.717, 1.165) is 0 Å². The molecular weight excluding hydrogens is 509 g/mol. The number of aliphatic hydroxyl groups is 1. The molecule has 0 spiro atoms. The first-order chi connectivity index (χ1) is 18.8. The van der Waals surface area contributed by atoms with E-state index in [2.05, 4.69) is 0 Å². The van der Waals surface area contributed by atoms with Crippen LogP contribution >= 0.6 is 0 Å². The number of hydrogen-bond acceptors (Lipinski definition) is 8. The van der Waals surface area contributed by atoms with E-state index in [0.29, 0.717) is 28.0 Å². The summed E-state index contributed by atoms with van der Waals surface area (Å²) in [5, 5.41) is 11.7. The average Bonchev–Trinajstić information content (AvgIpc) is 3.51. The number of hydrogen-bond donors (Lipinski definition) is 1. The van der Waals surface area contributed by atoms with E-state index >= 15 is 0 Å². The summed E-state index contributed by atoms with van der Waals surface area (Å²) in [6.45, 7) is 0. The minimum Gasteiger partial charge on any atom is -0.503 e. The second-order valence-electron chi connectivity index (χ2n) is 8.59. The van der Waals surface area contributed by atoms with Crippen molar-refractivity contribution >= 4 is 28.3 Å². The van der Waals surface area contributed by atoms with Crippen molar-refractivity contribution in [3.63, 3.8) is 0 Å². The molecule has 1 N–H and O–H groups in total. The summed E-state index contributed by atoms with van der Waals surface area (Å²) in [5.41, 5.74) is 0.716. The number of ether oxygens (including phenoxy) is 4. The lowest BCUT2D eigenvalue weighted by molar-refractivity contribution is -0.117. The summed E-state index contributed by atoms with van der Waals surface area (Å²) in [6, 6.07) is 13.8. The van der Waals surface area contributed by atoms with Crippen LogP contribution < -0.4 is 23.8 Å². The second kappa shape index (κ2) is 10.1. The van der Waals surface area contributed by atoms with Crippen LogP contribution in [0.25, 0.3) is 11.0 Å². The van der Waals surface area contributed by atoms with Gasteiger partial charge in [0.1, 0.15) is 5.82 Å². The minimum absolute atomic E-state index is 0.109. The molecule has 200 valence electrons. The highest BCUT2D eigenvalue weighted by Crippen LogP contribution is 2.47. The number of benzene rings is 3. The lowest BCUT2D eigenvalue weighted by atomic mass is 9.94. The van der Waals surface area contributed by atoms with Crippen molar-refractivity contribution in [3.05, 3.63) is 89.1 Å². The highest BCUT2D eigenvalue weighted by atomic mass is 19.1. The molecule has 0 aliphatic carbocycles. The summed E-state index contributed by atoms with van der Waals surface area (Å²) in [5.74, 6) is -1.71. The van der Waals surface area contributed by atoms with Crippen LogP contribution in [0.2, 0.25) is 0 Å². The van der Waals surface area contributed by atoms with Gasteiger partial charge < -0.3 is 28.5 Å². The van der Waals surface area contributed by atoms with E-state index < -0.39 is 29.3 Å². The number of fused-ring (bicyclic) bond motifs is 1. The van der Waals surface area contributed by atoms with Gasteiger partial charge in [0.2, 0.25) is 11.5 Å². The highest BCUT2D eigenvalue weighted by Gasteiger charge is 2.46. The van der Waals surface area contributed by atoms with Gasteiger partial charge in [0.25, 0.3) is 5.91 Å². The Hall–Kier alpha value is -4.99. The average molecular weight is 534 g/mol. The predicted molar refractivity (Wildman–Crippen MR) is 139 cm³/mol. The molecule has 39 heavy (non-hydrogen) atoms. The van der Waals surface area contributed by atoms with E-state index in [1.54, 1.807) is 30.3 Å². The normalized spacial score (nSPS) is 15.2. The van der Waals surface area contributed by atoms with Crippen LogP contribution in [0.1, 0.15) is 22.2 Å². The quantitative estimate of drug-likeness (QED) is 0.301. The fourth-order valence-electron chi connectivity index (χ4n) is 4.72. The zero-order chi connectivity index (χ0) is 27.8. The molecule has 4 aromatic rings. The second-order valence-corrected chi connectivity index (χ2v) is 8.59. The SMILES string of the molecule is COc1cc(C2C(C(=O)c3cc4cccc(OC)c4o3)=C(O)C(=O)N2c2ccc(F)cc2)cc(OC)c1OC. The van der Waals surface area contributed by atoms with Crippen LogP contribution in [0, 0.1) is 5.82 Å². The third kappa shape index (κ3) is 4.19. The third-order valence-electron chi connectivity index (χ3n) is 6.51. The number of halogens is 1. The third-order valence-corrected chi connectivity index (χ3v) is 6.51. The molecule has 0 radical (unpaired) electrons. The molecular formula is C29H24FNO8. The highest BCUT2D eigenvalue weighted by molar-refractivity contribution is 6.20. The maximum absolute atomic E-state index is 13.9. The van der Waals surface area contributed by atoms with E-state index in [1.165, 1.54) is 63.7 Å². The first-order valence-electron chi connectivity index (χ1n) is 11.8. The van der Waals surface area contributed by atoms with Gasteiger partial charge in [-0.2, -0.15) is 0 Å². The number of rotatable bonds is 8. The fourth-order valence-corrected chi connectivity index (χ4v) is 4.72. The van der Waals surface area contributed by atoms with Crippen molar-refractivity contribution in [2.45, 2.75) is 6.04 Å². The van der Waals surface area contributed by atoms with E-state index in [1.807, 2.05) is 0 Å². The Morgan fingerprint density at radius 1 is 0.897 bits per heavy atom. The van der Waals surface area contributed by atoms with E-state index in [-0.39, 0.29) is 28.5 Å². The maximum Gasteiger partial charge on any atom is 0.294 e. The van der Waals surface area contributed by atoms with Crippen molar-refractivity contribution in [1.82, 2.24) is 0 Å². The molecule has 1 aromatic heterocycles. The number of amides is 1. The minimum atomic E-state index is -1.15. The molecule has 1 aliphatic heterocycles. The van der Waals surface area contributed by atoms with Gasteiger partial charge in [-0.1, -0.05) is 12.1 Å². The van der Waals surface area contributed by atoms with Crippen molar-refractivity contribution in [1.29, 1.82) is 0 Å². The molecule has 5 rings (SSSR count). The number of carbonyl (C=O) groups excluding carboxylic acids is 2. The lowest BCUT2D eigenvalue weighted by Crippen LogP contribution is -2.31. The zero-order valence-electron chi connectivity index (χ0n) is 21.5. The van der Waals surface area contributed by atoms with Crippen molar-refractivity contribution in [3.8, 4) is 23.0 Å². The fraction of sp³-hybridized carbons (Fsp3) is 0.172. The molecule has 0 saturated heterocycles. The van der Waals surface area contributed by atoms with Gasteiger partial charge in [0.15, 0.2) is 34.4 Å². The molecule has 1 amide bonds. The summed E-state index contributed by atoms with van der Waals surface area (Å²) in [7, 11) is 5.78. The van der Waals surface area contributed by atoms with Gasteiger partial charge in [0, 0.05) is 11.1 Å². The molecule has 1 aliphatic rings. The Labute approximate surface area is 222 Å². The Morgan fingerprint density at radius 2 is 1.54 bits per heavy atom. The number of ketones is 1. The van der Waals surface area contributed by atoms with Crippen molar-refractivity contribution in [2.24, 2.45) is 0 Å². The molecule has 1 unspecified atom stereocenters. The molecule has 10 heteroatoms. The molecule has 0 bridgehead atoms. The van der Waals surface area contributed by atoms with Gasteiger partial charge >= 0.3 is 0 Å². The first kappa shape index (κ1) is 25.7. The number of anilines is 1. The summed E-state index contributed by atoms with van der Waals surface area (Å²) in [4.78, 5) is 28.6. The molecule has 9 nitrogen and oxygen atoms in total. The van der Waals surface area contributed by atoms with Crippen LogP contribution in [0.4, 0.5) is 10.1 Å². The van der Waals surface area contributed by atoms with Crippen LogP contribution in [0.15, 0.2) is 76.4 Å². The number of para-hydroxylation sites is 1.